The molecule has 0 saturated carbocycles. The third kappa shape index (κ3) is 3.93. The van der Waals surface area contributed by atoms with Crippen molar-refractivity contribution in [1.82, 2.24) is 9.55 Å². The highest BCUT2D eigenvalue weighted by Crippen LogP contribution is 2.35. The monoisotopic (exact) mass is 449 g/mol. The Morgan fingerprint density at radius 2 is 1.88 bits per heavy atom. The van der Waals surface area contributed by atoms with Crippen LogP contribution in [0, 0.1) is 5.82 Å². The van der Waals surface area contributed by atoms with E-state index in [1.165, 1.54) is 18.2 Å². The van der Waals surface area contributed by atoms with Crippen LogP contribution in [-0.4, -0.2) is 48.3 Å². The van der Waals surface area contributed by atoms with Gasteiger partial charge >= 0.3 is 5.69 Å². The lowest BCUT2D eigenvalue weighted by Gasteiger charge is -2.31. The SMILES string of the molecule is O=c1[nH]c2c(c(=O)n1C1CCOCC1)C[C@H](F)[C@H](c1cc(O[C@@H]3CCOC3)ccc1F)N2. The number of halogens is 2. The summed E-state index contributed by atoms with van der Waals surface area (Å²) in [5.74, 6) is -0.0428. The third-order valence-electron chi connectivity index (χ3n) is 6.34. The van der Waals surface area contributed by atoms with E-state index in [9.17, 15) is 14.0 Å². The van der Waals surface area contributed by atoms with Gasteiger partial charge in [0.05, 0.1) is 24.8 Å². The standard InChI is InChI=1S/C22H25F2N3O5/c23-17-2-1-13(32-14-5-8-31-11-14)9-15(17)19-18(24)10-16-20(25-19)26-22(29)27(21(16)28)12-3-6-30-7-4-12/h1-2,9,12,14,18-19,25H,3-8,10-11H2,(H,26,29)/t14-,18+,19+/m1/s1. The number of H-pyrrole nitrogens is 1. The number of aromatic nitrogens is 2. The molecular weight excluding hydrogens is 424 g/mol. The van der Waals surface area contributed by atoms with Crippen LogP contribution in [0.2, 0.25) is 0 Å². The first kappa shape index (κ1) is 21.1. The molecule has 0 aliphatic carbocycles. The van der Waals surface area contributed by atoms with Crippen LogP contribution in [0.3, 0.4) is 0 Å². The van der Waals surface area contributed by atoms with E-state index in [1.807, 2.05) is 0 Å². The summed E-state index contributed by atoms with van der Waals surface area (Å²) in [7, 11) is 0. The highest BCUT2D eigenvalue weighted by atomic mass is 19.1. The average Bonchev–Trinajstić information content (AvgIpc) is 3.29. The Morgan fingerprint density at radius 1 is 1.09 bits per heavy atom. The maximum atomic E-state index is 15.2. The Labute approximate surface area is 182 Å². The molecule has 2 saturated heterocycles. The summed E-state index contributed by atoms with van der Waals surface area (Å²) in [6.07, 6.45) is -0.110. The lowest BCUT2D eigenvalue weighted by atomic mass is 9.93. The van der Waals surface area contributed by atoms with E-state index in [-0.39, 0.29) is 35.5 Å². The van der Waals surface area contributed by atoms with Gasteiger partial charge in [0.25, 0.3) is 5.56 Å². The first-order valence-corrected chi connectivity index (χ1v) is 10.9. The molecule has 0 radical (unpaired) electrons. The van der Waals surface area contributed by atoms with Crippen molar-refractivity contribution in [1.29, 1.82) is 0 Å². The molecule has 0 unspecified atom stereocenters. The second-order valence-electron chi connectivity index (χ2n) is 8.43. The van der Waals surface area contributed by atoms with Crippen LogP contribution in [-0.2, 0) is 15.9 Å². The summed E-state index contributed by atoms with van der Waals surface area (Å²) in [5, 5.41) is 2.85. The number of fused-ring (bicyclic) bond motifs is 1. The minimum atomic E-state index is -1.57. The fourth-order valence-electron chi connectivity index (χ4n) is 4.64. The number of ether oxygens (including phenoxy) is 3. The number of aromatic amines is 1. The van der Waals surface area contributed by atoms with E-state index in [2.05, 4.69) is 10.3 Å². The first-order chi connectivity index (χ1) is 15.5. The number of hydrogen-bond acceptors (Lipinski definition) is 6. The lowest BCUT2D eigenvalue weighted by Crippen LogP contribution is -2.45. The predicted molar refractivity (Wildman–Crippen MR) is 112 cm³/mol. The number of benzene rings is 1. The van der Waals surface area contributed by atoms with Gasteiger partial charge in [-0.05, 0) is 31.0 Å². The Morgan fingerprint density at radius 3 is 2.62 bits per heavy atom. The van der Waals surface area contributed by atoms with E-state index in [1.54, 1.807) is 0 Å². The molecule has 0 amide bonds. The van der Waals surface area contributed by atoms with Gasteiger partial charge in [0.1, 0.15) is 29.7 Å². The van der Waals surface area contributed by atoms with Crippen molar-refractivity contribution in [2.24, 2.45) is 0 Å². The molecule has 10 heteroatoms. The minimum Gasteiger partial charge on any atom is -0.488 e. The van der Waals surface area contributed by atoms with Gasteiger partial charge in [-0.2, -0.15) is 0 Å². The van der Waals surface area contributed by atoms with Crippen molar-refractivity contribution in [2.45, 2.75) is 50.0 Å². The number of nitrogens with zero attached hydrogens (tertiary/aromatic N) is 1. The normalized spacial score (nSPS) is 25.9. The molecule has 0 bridgehead atoms. The Bertz CT molecular complexity index is 1110. The Balaban J connectivity index is 1.45. The van der Waals surface area contributed by atoms with Gasteiger partial charge in [-0.3, -0.25) is 14.3 Å². The second-order valence-corrected chi connectivity index (χ2v) is 8.43. The maximum absolute atomic E-state index is 15.2. The molecule has 4 heterocycles. The third-order valence-corrected chi connectivity index (χ3v) is 6.34. The quantitative estimate of drug-likeness (QED) is 0.744. The molecule has 32 heavy (non-hydrogen) atoms. The summed E-state index contributed by atoms with van der Waals surface area (Å²) in [5.41, 5.74) is -0.837. The van der Waals surface area contributed by atoms with Gasteiger partial charge in [-0.25, -0.2) is 13.6 Å². The minimum absolute atomic E-state index is 0.0778. The maximum Gasteiger partial charge on any atom is 0.330 e. The van der Waals surface area contributed by atoms with Crippen LogP contribution >= 0.6 is 0 Å². The van der Waals surface area contributed by atoms with Crippen LogP contribution in [0.25, 0.3) is 0 Å². The van der Waals surface area contributed by atoms with Crippen molar-refractivity contribution >= 4 is 5.82 Å². The van der Waals surface area contributed by atoms with Gasteiger partial charge in [0, 0.05) is 37.7 Å². The van der Waals surface area contributed by atoms with Gasteiger partial charge in [-0.15, -0.1) is 0 Å². The molecule has 8 nitrogen and oxygen atoms in total. The number of rotatable bonds is 4. The van der Waals surface area contributed by atoms with E-state index in [0.717, 1.165) is 11.0 Å². The summed E-state index contributed by atoms with van der Waals surface area (Å²) >= 11 is 0. The van der Waals surface area contributed by atoms with E-state index < -0.39 is 29.3 Å². The molecule has 3 atom stereocenters. The van der Waals surface area contributed by atoms with Crippen LogP contribution in [0.15, 0.2) is 27.8 Å². The molecular formula is C22H25F2N3O5. The number of anilines is 1. The van der Waals surface area contributed by atoms with Gasteiger partial charge < -0.3 is 19.5 Å². The predicted octanol–water partition coefficient (Wildman–Crippen LogP) is 2.24. The highest BCUT2D eigenvalue weighted by Gasteiger charge is 2.35. The molecule has 0 spiro atoms. The Kier molecular flexibility index (Phi) is 5.73. The fraction of sp³-hybridized carbons (Fsp3) is 0.545. The van der Waals surface area contributed by atoms with Crippen molar-refractivity contribution < 1.29 is 23.0 Å². The van der Waals surface area contributed by atoms with Gasteiger partial charge in [-0.1, -0.05) is 0 Å². The van der Waals surface area contributed by atoms with Crippen LogP contribution in [0.4, 0.5) is 14.6 Å². The number of hydrogen-bond donors (Lipinski definition) is 2. The molecule has 5 rings (SSSR count). The first-order valence-electron chi connectivity index (χ1n) is 10.9. The summed E-state index contributed by atoms with van der Waals surface area (Å²) in [6, 6.07) is 2.84. The van der Waals surface area contributed by atoms with Gasteiger partial charge in [0.2, 0.25) is 0 Å². The zero-order chi connectivity index (χ0) is 22.2. The molecule has 1 aromatic carbocycles. The van der Waals surface area contributed by atoms with Crippen molar-refractivity contribution in [3.05, 3.63) is 56.0 Å². The number of nitrogens with one attached hydrogen (secondary N) is 2. The smallest absolute Gasteiger partial charge is 0.330 e. The molecule has 3 aliphatic heterocycles. The van der Waals surface area contributed by atoms with E-state index >= 15 is 4.39 Å². The topological polar surface area (TPSA) is 94.6 Å². The van der Waals surface area contributed by atoms with E-state index in [4.69, 9.17) is 14.2 Å². The second kappa shape index (κ2) is 8.67. The largest absolute Gasteiger partial charge is 0.488 e. The molecule has 2 N–H and O–H groups in total. The molecule has 172 valence electrons. The molecule has 2 aromatic rings. The van der Waals surface area contributed by atoms with Crippen molar-refractivity contribution in [3.8, 4) is 5.75 Å². The molecule has 3 aliphatic rings. The van der Waals surface area contributed by atoms with E-state index in [0.29, 0.717) is 45.0 Å². The lowest BCUT2D eigenvalue weighted by molar-refractivity contribution is 0.0673. The van der Waals surface area contributed by atoms with Crippen molar-refractivity contribution in [2.75, 3.05) is 31.7 Å². The summed E-state index contributed by atoms with van der Waals surface area (Å²) in [6.45, 7) is 1.98. The average molecular weight is 449 g/mol. The fourth-order valence-corrected chi connectivity index (χ4v) is 4.64. The summed E-state index contributed by atoms with van der Waals surface area (Å²) in [4.78, 5) is 28.4. The van der Waals surface area contributed by atoms with Gasteiger partial charge in [0.15, 0.2) is 0 Å². The van der Waals surface area contributed by atoms with Crippen LogP contribution < -0.4 is 21.3 Å². The zero-order valence-electron chi connectivity index (χ0n) is 17.4. The molecule has 2 fully saturated rings. The van der Waals surface area contributed by atoms with Crippen molar-refractivity contribution in [3.63, 3.8) is 0 Å². The van der Waals surface area contributed by atoms with Crippen LogP contribution in [0.1, 0.15) is 42.5 Å². The molecule has 1 aromatic heterocycles. The number of alkyl halides is 1. The highest BCUT2D eigenvalue weighted by molar-refractivity contribution is 5.50. The van der Waals surface area contributed by atoms with Crippen LogP contribution in [0.5, 0.6) is 5.75 Å². The zero-order valence-corrected chi connectivity index (χ0v) is 17.4. The Hall–Kier alpha value is -2.72. The summed E-state index contributed by atoms with van der Waals surface area (Å²) < 4.78 is 47.5.